The predicted molar refractivity (Wildman–Crippen MR) is 93.5 cm³/mol. The first kappa shape index (κ1) is 16.8. The largest absolute Gasteiger partial charge is 0.359 e. The summed E-state index contributed by atoms with van der Waals surface area (Å²) in [6, 6.07) is 0. The van der Waals surface area contributed by atoms with Crippen LogP contribution in [0.1, 0.15) is 65.2 Å². The zero-order chi connectivity index (χ0) is 16.9. The molecule has 0 heterocycles. The summed E-state index contributed by atoms with van der Waals surface area (Å²) < 4.78 is 10.9. The second-order valence-electron chi connectivity index (χ2n) is 9.12. The summed E-state index contributed by atoms with van der Waals surface area (Å²) in [7, 11) is 1.69. The third-order valence-corrected chi connectivity index (χ3v) is 8.19. The number of hydrogen-bond acceptors (Lipinski definition) is 3. The lowest BCUT2D eigenvalue weighted by molar-refractivity contribution is -0.132. The average molecular weight is 332 g/mol. The average Bonchev–Trinajstić information content (AvgIpc) is 2.88. The minimum atomic E-state index is -0.0123. The molecule has 3 fully saturated rings. The second-order valence-corrected chi connectivity index (χ2v) is 9.12. The molecule has 1 unspecified atom stereocenters. The second kappa shape index (κ2) is 5.95. The zero-order valence-corrected chi connectivity index (χ0v) is 15.5. The third kappa shape index (κ3) is 2.34. The van der Waals surface area contributed by atoms with E-state index in [4.69, 9.17) is 9.47 Å². The summed E-state index contributed by atoms with van der Waals surface area (Å²) in [6.45, 7) is 5.17. The number of Topliss-reactive ketones (excluding diaryl/α,β-unsaturated/α-hetero) is 1. The highest BCUT2D eigenvalue weighted by atomic mass is 16.7. The quantitative estimate of drug-likeness (QED) is 0.563. The van der Waals surface area contributed by atoms with E-state index in [0.29, 0.717) is 30.0 Å². The lowest BCUT2D eigenvalue weighted by Crippen LogP contribution is -2.50. The van der Waals surface area contributed by atoms with Crippen LogP contribution in [0.5, 0.6) is 0 Å². The molecule has 6 atom stereocenters. The molecule has 3 saturated carbocycles. The summed E-state index contributed by atoms with van der Waals surface area (Å²) in [6.07, 6.45) is 11.8. The van der Waals surface area contributed by atoms with E-state index in [9.17, 15) is 4.79 Å². The van der Waals surface area contributed by atoms with E-state index in [1.807, 2.05) is 0 Å². The summed E-state index contributed by atoms with van der Waals surface area (Å²) >= 11 is 0. The van der Waals surface area contributed by atoms with E-state index >= 15 is 0 Å². The van der Waals surface area contributed by atoms with Gasteiger partial charge in [-0.05, 0) is 68.1 Å². The molecular formula is C21H32O3. The summed E-state index contributed by atoms with van der Waals surface area (Å²) in [5, 5.41) is 0. The molecule has 24 heavy (non-hydrogen) atoms. The van der Waals surface area contributed by atoms with Crippen molar-refractivity contribution in [2.75, 3.05) is 13.9 Å². The zero-order valence-electron chi connectivity index (χ0n) is 15.5. The van der Waals surface area contributed by atoms with Gasteiger partial charge in [-0.2, -0.15) is 0 Å². The lowest BCUT2D eigenvalue weighted by Gasteiger charge is -2.57. The maximum Gasteiger partial charge on any atom is 0.146 e. The Hall–Kier alpha value is -0.670. The van der Waals surface area contributed by atoms with Crippen LogP contribution in [0, 0.1) is 28.6 Å². The van der Waals surface area contributed by atoms with Crippen LogP contribution < -0.4 is 0 Å². The number of fused-ring (bicyclic) bond motifs is 5. The first-order valence-electron chi connectivity index (χ1n) is 9.82. The molecule has 4 aliphatic rings. The van der Waals surface area contributed by atoms with Gasteiger partial charge in [0.05, 0.1) is 6.10 Å². The maximum atomic E-state index is 12.5. The van der Waals surface area contributed by atoms with Crippen molar-refractivity contribution in [3.63, 3.8) is 0 Å². The van der Waals surface area contributed by atoms with Crippen molar-refractivity contribution in [3.8, 4) is 0 Å². The van der Waals surface area contributed by atoms with E-state index in [-0.39, 0.29) is 5.41 Å². The van der Waals surface area contributed by atoms with E-state index in [2.05, 4.69) is 19.9 Å². The number of ether oxygens (including phenoxy) is 2. The van der Waals surface area contributed by atoms with Crippen molar-refractivity contribution >= 4 is 5.78 Å². The summed E-state index contributed by atoms with van der Waals surface area (Å²) in [4.78, 5) is 12.5. The molecule has 0 N–H and O–H groups in total. The van der Waals surface area contributed by atoms with Gasteiger partial charge in [0.25, 0.3) is 0 Å². The Morgan fingerprint density at radius 1 is 1.12 bits per heavy atom. The van der Waals surface area contributed by atoms with Gasteiger partial charge in [0, 0.05) is 18.9 Å². The van der Waals surface area contributed by atoms with Crippen LogP contribution in [0.2, 0.25) is 0 Å². The normalized spacial score (nSPS) is 47.6. The molecule has 0 spiro atoms. The van der Waals surface area contributed by atoms with Gasteiger partial charge >= 0.3 is 0 Å². The standard InChI is InChI=1S/C21H32O3/c1-20-10-8-15(24-13-23-3)12-14(20)4-5-16-17-6-7-19(22)21(17,2)11-9-18(16)20/h4,15-18H,5-13H2,1-3H3/t15-,16?,17-,18-,20-,21-/m0/s1. The van der Waals surface area contributed by atoms with E-state index in [0.717, 1.165) is 43.9 Å². The lowest BCUT2D eigenvalue weighted by atomic mass is 9.48. The van der Waals surface area contributed by atoms with Crippen LogP contribution in [-0.4, -0.2) is 25.8 Å². The Labute approximate surface area is 146 Å². The molecule has 4 aliphatic carbocycles. The van der Waals surface area contributed by atoms with Gasteiger partial charge in [-0.3, -0.25) is 4.79 Å². The minimum Gasteiger partial charge on any atom is -0.359 e. The molecule has 134 valence electrons. The molecule has 4 rings (SSSR count). The van der Waals surface area contributed by atoms with Crippen molar-refractivity contribution in [2.24, 2.45) is 28.6 Å². The monoisotopic (exact) mass is 332 g/mol. The molecule has 0 aromatic carbocycles. The van der Waals surface area contributed by atoms with Gasteiger partial charge in [0.2, 0.25) is 0 Å². The highest BCUT2D eigenvalue weighted by Crippen LogP contribution is 2.64. The van der Waals surface area contributed by atoms with Crippen LogP contribution in [0.25, 0.3) is 0 Å². The molecule has 0 aromatic rings. The number of allylic oxidation sites excluding steroid dienone is 1. The van der Waals surface area contributed by atoms with Gasteiger partial charge in [-0.25, -0.2) is 0 Å². The SMILES string of the molecule is COCO[C@H]1CC[C@@]2(C)C(=CCC3[C@@H]2CC[C@]2(C)C(=O)CC[C@@H]32)C1. The van der Waals surface area contributed by atoms with Crippen molar-refractivity contribution in [1.82, 2.24) is 0 Å². The fourth-order valence-electron chi connectivity index (χ4n) is 6.71. The third-order valence-electron chi connectivity index (χ3n) is 8.19. The first-order chi connectivity index (χ1) is 11.5. The van der Waals surface area contributed by atoms with E-state index in [1.165, 1.54) is 19.3 Å². The molecular weight excluding hydrogens is 300 g/mol. The molecule has 0 saturated heterocycles. The van der Waals surface area contributed by atoms with Crippen LogP contribution in [0.3, 0.4) is 0 Å². The van der Waals surface area contributed by atoms with Crippen LogP contribution >= 0.6 is 0 Å². The number of carbonyl (C=O) groups is 1. The number of hydrogen-bond donors (Lipinski definition) is 0. The number of carbonyl (C=O) groups excluding carboxylic acids is 1. The number of rotatable bonds is 3. The summed E-state index contributed by atoms with van der Waals surface area (Å²) in [5.41, 5.74) is 1.95. The smallest absolute Gasteiger partial charge is 0.146 e. The fraction of sp³-hybridized carbons (Fsp3) is 0.857. The minimum absolute atomic E-state index is 0.0123. The maximum absolute atomic E-state index is 12.5. The van der Waals surface area contributed by atoms with Gasteiger partial charge in [0.1, 0.15) is 12.6 Å². The van der Waals surface area contributed by atoms with Gasteiger partial charge in [-0.1, -0.05) is 25.5 Å². The van der Waals surface area contributed by atoms with Crippen molar-refractivity contribution < 1.29 is 14.3 Å². The van der Waals surface area contributed by atoms with Crippen LogP contribution in [0.15, 0.2) is 11.6 Å². The number of ketones is 1. The van der Waals surface area contributed by atoms with Crippen molar-refractivity contribution in [3.05, 3.63) is 11.6 Å². The van der Waals surface area contributed by atoms with E-state index < -0.39 is 0 Å². The highest BCUT2D eigenvalue weighted by molar-refractivity contribution is 5.87. The Balaban J connectivity index is 1.56. The summed E-state index contributed by atoms with van der Waals surface area (Å²) in [5.74, 6) is 2.66. The highest BCUT2D eigenvalue weighted by Gasteiger charge is 2.58. The Bertz CT molecular complexity index is 553. The molecule has 0 aromatic heterocycles. The van der Waals surface area contributed by atoms with Crippen molar-refractivity contribution in [2.45, 2.75) is 71.3 Å². The molecule has 0 amide bonds. The van der Waals surface area contributed by atoms with E-state index in [1.54, 1.807) is 12.7 Å². The number of methoxy groups -OCH3 is 1. The molecule has 0 bridgehead atoms. The predicted octanol–water partition coefficient (Wildman–Crippen LogP) is 4.51. The molecule has 3 nitrogen and oxygen atoms in total. The Morgan fingerprint density at radius 2 is 1.88 bits per heavy atom. The van der Waals surface area contributed by atoms with Crippen molar-refractivity contribution in [1.29, 1.82) is 0 Å². The molecule has 0 aliphatic heterocycles. The molecule has 3 heteroatoms. The van der Waals surface area contributed by atoms with Crippen LogP contribution in [0.4, 0.5) is 0 Å². The van der Waals surface area contributed by atoms with Gasteiger partial charge < -0.3 is 9.47 Å². The van der Waals surface area contributed by atoms with Gasteiger partial charge in [0.15, 0.2) is 0 Å². The first-order valence-corrected chi connectivity index (χ1v) is 9.82. The van der Waals surface area contributed by atoms with Gasteiger partial charge in [-0.15, -0.1) is 0 Å². The fourth-order valence-corrected chi connectivity index (χ4v) is 6.71. The molecule has 0 radical (unpaired) electrons. The Morgan fingerprint density at radius 3 is 2.67 bits per heavy atom. The Kier molecular flexibility index (Phi) is 4.16. The topological polar surface area (TPSA) is 35.5 Å². The van der Waals surface area contributed by atoms with Crippen LogP contribution in [-0.2, 0) is 14.3 Å².